The second-order valence-corrected chi connectivity index (χ2v) is 7.39. The third-order valence-corrected chi connectivity index (χ3v) is 3.68. The number of carbonyl (C=O) groups is 2. The number of rotatable bonds is 6. The number of carbonyl (C=O) groups excluding carboxylic acids is 2. The Morgan fingerprint density at radius 3 is 2.24 bits per heavy atom. The van der Waals surface area contributed by atoms with Crippen LogP contribution >= 0.6 is 11.6 Å². The quantitative estimate of drug-likeness (QED) is 0.598. The first-order chi connectivity index (χ1) is 11.5. The van der Waals surface area contributed by atoms with Crippen molar-refractivity contribution in [2.24, 2.45) is 5.10 Å². The van der Waals surface area contributed by atoms with Crippen LogP contribution in [0, 0.1) is 13.8 Å². The number of hydrogen-bond acceptors (Lipinski definition) is 4. The second-order valence-electron chi connectivity index (χ2n) is 7.02. The van der Waals surface area contributed by atoms with E-state index < -0.39 is 5.91 Å². The van der Waals surface area contributed by atoms with E-state index in [4.69, 9.17) is 16.3 Å². The molecule has 1 aromatic carbocycles. The normalized spacial score (nSPS) is 11.9. The van der Waals surface area contributed by atoms with Gasteiger partial charge in [-0.15, -0.1) is 0 Å². The van der Waals surface area contributed by atoms with Crippen molar-refractivity contribution in [3.63, 3.8) is 0 Å². The number of aryl methyl sites for hydroxylation is 2. The van der Waals surface area contributed by atoms with Gasteiger partial charge in [-0.2, -0.15) is 5.10 Å². The van der Waals surface area contributed by atoms with Crippen LogP contribution in [0.1, 0.15) is 45.2 Å². The summed E-state index contributed by atoms with van der Waals surface area (Å²) in [5, 5.41) is 7.43. The third-order valence-electron chi connectivity index (χ3n) is 3.08. The van der Waals surface area contributed by atoms with Crippen LogP contribution < -0.4 is 15.5 Å². The van der Waals surface area contributed by atoms with E-state index in [1.165, 1.54) is 0 Å². The Balaban J connectivity index is 2.47. The summed E-state index contributed by atoms with van der Waals surface area (Å²) in [6.07, 6.45) is 0.119. The lowest BCUT2D eigenvalue weighted by Gasteiger charge is -2.20. The summed E-state index contributed by atoms with van der Waals surface area (Å²) in [6.45, 7) is 10.9. The number of ether oxygens (including phenoxy) is 1. The molecule has 1 rings (SSSR count). The topological polar surface area (TPSA) is 79.8 Å². The summed E-state index contributed by atoms with van der Waals surface area (Å²) >= 11 is 6.09. The Morgan fingerprint density at radius 1 is 1.16 bits per heavy atom. The zero-order valence-electron chi connectivity index (χ0n) is 15.6. The molecule has 0 bridgehead atoms. The lowest BCUT2D eigenvalue weighted by Crippen LogP contribution is -2.41. The minimum atomic E-state index is -0.402. The van der Waals surface area contributed by atoms with Gasteiger partial charge in [-0.3, -0.25) is 9.59 Å². The first-order valence-electron chi connectivity index (χ1n) is 8.00. The number of halogens is 1. The summed E-state index contributed by atoms with van der Waals surface area (Å²) in [5.74, 6) is 0.0204. The summed E-state index contributed by atoms with van der Waals surface area (Å²) in [6, 6.07) is 3.54. The van der Waals surface area contributed by atoms with E-state index in [2.05, 4.69) is 15.8 Å². The van der Waals surface area contributed by atoms with Gasteiger partial charge in [0, 0.05) is 16.3 Å². The van der Waals surface area contributed by atoms with Crippen molar-refractivity contribution in [2.45, 2.75) is 53.5 Å². The van der Waals surface area contributed by atoms with E-state index in [0.717, 1.165) is 11.1 Å². The minimum absolute atomic E-state index is 0.119. The molecule has 0 unspecified atom stereocenters. The van der Waals surface area contributed by atoms with Crippen LogP contribution in [0.4, 0.5) is 0 Å². The Hall–Kier alpha value is -2.08. The maximum Gasteiger partial charge on any atom is 0.277 e. The number of hydrogen-bond donors (Lipinski definition) is 2. The molecular formula is C18H26ClN3O3. The summed E-state index contributed by atoms with van der Waals surface area (Å²) < 4.78 is 5.44. The first kappa shape index (κ1) is 21.0. The fourth-order valence-corrected chi connectivity index (χ4v) is 2.17. The lowest BCUT2D eigenvalue weighted by molar-refractivity contribution is -0.123. The van der Waals surface area contributed by atoms with Crippen molar-refractivity contribution in [1.29, 1.82) is 0 Å². The molecule has 0 atom stereocenters. The SMILES string of the molecule is C/C(CC(=O)NC(C)(C)C)=N\NC(=O)COc1cc(C)c(Cl)c(C)c1. The van der Waals surface area contributed by atoms with Gasteiger partial charge in [-0.25, -0.2) is 5.43 Å². The van der Waals surface area contributed by atoms with Crippen LogP contribution in [0.2, 0.25) is 5.02 Å². The van der Waals surface area contributed by atoms with Gasteiger partial charge in [0.2, 0.25) is 5.91 Å². The molecule has 0 aromatic heterocycles. The zero-order chi connectivity index (χ0) is 19.2. The summed E-state index contributed by atoms with van der Waals surface area (Å²) in [5.41, 5.74) is 4.35. The van der Waals surface area contributed by atoms with Gasteiger partial charge in [0.15, 0.2) is 6.61 Å². The molecule has 0 aliphatic rings. The van der Waals surface area contributed by atoms with Gasteiger partial charge >= 0.3 is 0 Å². The molecule has 0 fully saturated rings. The number of nitrogens with zero attached hydrogens (tertiary/aromatic N) is 1. The number of nitrogens with one attached hydrogen (secondary N) is 2. The lowest BCUT2D eigenvalue weighted by atomic mass is 10.1. The molecule has 0 heterocycles. The van der Waals surface area contributed by atoms with Gasteiger partial charge in [-0.05, 0) is 64.8 Å². The molecule has 0 radical (unpaired) electrons. The predicted molar refractivity (Wildman–Crippen MR) is 100 cm³/mol. The van der Waals surface area contributed by atoms with E-state index in [1.807, 2.05) is 34.6 Å². The molecule has 0 aliphatic heterocycles. The zero-order valence-corrected chi connectivity index (χ0v) is 16.4. The average Bonchev–Trinajstić information content (AvgIpc) is 2.46. The fourth-order valence-electron chi connectivity index (χ4n) is 2.06. The molecule has 2 N–H and O–H groups in total. The van der Waals surface area contributed by atoms with Crippen LogP contribution in [0.5, 0.6) is 5.75 Å². The van der Waals surface area contributed by atoms with E-state index in [-0.39, 0.29) is 24.5 Å². The first-order valence-corrected chi connectivity index (χ1v) is 8.38. The molecule has 0 saturated carbocycles. The van der Waals surface area contributed by atoms with E-state index in [9.17, 15) is 9.59 Å². The molecule has 0 spiro atoms. The molecule has 25 heavy (non-hydrogen) atoms. The fraction of sp³-hybridized carbons (Fsp3) is 0.500. The summed E-state index contributed by atoms with van der Waals surface area (Å²) in [4.78, 5) is 23.6. The standard InChI is InChI=1S/C18H26ClN3O3/c1-11-7-14(8-12(2)17(11)19)25-10-16(24)22-21-13(3)9-15(23)20-18(4,5)6/h7-8H,9-10H2,1-6H3,(H,20,23)(H,22,24)/b21-13+. The monoisotopic (exact) mass is 367 g/mol. The highest BCUT2D eigenvalue weighted by Gasteiger charge is 2.14. The Morgan fingerprint density at radius 2 is 1.72 bits per heavy atom. The van der Waals surface area contributed by atoms with Crippen LogP contribution in [-0.2, 0) is 9.59 Å². The number of amides is 2. The van der Waals surface area contributed by atoms with Crippen LogP contribution in [0.15, 0.2) is 17.2 Å². The van der Waals surface area contributed by atoms with Gasteiger partial charge in [0.25, 0.3) is 5.91 Å². The van der Waals surface area contributed by atoms with E-state index in [1.54, 1.807) is 19.1 Å². The molecule has 0 aliphatic carbocycles. The van der Waals surface area contributed by atoms with E-state index in [0.29, 0.717) is 16.5 Å². The highest BCUT2D eigenvalue weighted by atomic mass is 35.5. The van der Waals surface area contributed by atoms with Crippen molar-refractivity contribution < 1.29 is 14.3 Å². The van der Waals surface area contributed by atoms with Crippen molar-refractivity contribution in [3.8, 4) is 5.75 Å². The Bertz CT molecular complexity index is 656. The molecule has 6 nitrogen and oxygen atoms in total. The average molecular weight is 368 g/mol. The molecule has 138 valence electrons. The largest absolute Gasteiger partial charge is 0.484 e. The molecular weight excluding hydrogens is 342 g/mol. The van der Waals surface area contributed by atoms with E-state index >= 15 is 0 Å². The van der Waals surface area contributed by atoms with Gasteiger partial charge in [0.1, 0.15) is 5.75 Å². The van der Waals surface area contributed by atoms with Gasteiger partial charge < -0.3 is 10.1 Å². The summed E-state index contributed by atoms with van der Waals surface area (Å²) in [7, 11) is 0. The number of benzene rings is 1. The highest BCUT2D eigenvalue weighted by molar-refractivity contribution is 6.32. The molecule has 7 heteroatoms. The predicted octanol–water partition coefficient (Wildman–Crippen LogP) is 3.13. The smallest absolute Gasteiger partial charge is 0.277 e. The maximum absolute atomic E-state index is 11.8. The number of hydrazone groups is 1. The molecule has 2 amide bonds. The maximum atomic E-state index is 11.8. The van der Waals surface area contributed by atoms with Crippen LogP contribution in [0.25, 0.3) is 0 Å². The molecule has 0 saturated heterocycles. The second kappa shape index (κ2) is 8.85. The van der Waals surface area contributed by atoms with Crippen molar-refractivity contribution in [1.82, 2.24) is 10.7 Å². The molecule has 1 aromatic rings. The Labute approximate surface area is 154 Å². The van der Waals surface area contributed by atoms with Crippen molar-refractivity contribution >= 4 is 29.1 Å². The van der Waals surface area contributed by atoms with Crippen molar-refractivity contribution in [3.05, 3.63) is 28.3 Å². The third kappa shape index (κ3) is 8.03. The minimum Gasteiger partial charge on any atom is -0.484 e. The van der Waals surface area contributed by atoms with Crippen LogP contribution in [0.3, 0.4) is 0 Å². The van der Waals surface area contributed by atoms with Gasteiger partial charge in [0.05, 0.1) is 6.42 Å². The Kier molecular flexibility index (Phi) is 7.42. The van der Waals surface area contributed by atoms with Crippen LogP contribution in [-0.4, -0.2) is 29.7 Å². The highest BCUT2D eigenvalue weighted by Crippen LogP contribution is 2.25. The van der Waals surface area contributed by atoms with Crippen molar-refractivity contribution in [2.75, 3.05) is 6.61 Å². The van der Waals surface area contributed by atoms with Gasteiger partial charge in [-0.1, -0.05) is 11.6 Å².